The highest BCUT2D eigenvalue weighted by molar-refractivity contribution is 5.72. The zero-order valence-electron chi connectivity index (χ0n) is 26.8. The number of esters is 1. The molecule has 0 radical (unpaired) electrons. The summed E-state index contributed by atoms with van der Waals surface area (Å²) in [5, 5.41) is 0. The molecule has 0 aliphatic heterocycles. The third-order valence-electron chi connectivity index (χ3n) is 8.19. The molecule has 0 saturated carbocycles. The number of halogens is 4. The Bertz CT molecular complexity index is 982. The molecule has 0 amide bonds. The summed E-state index contributed by atoms with van der Waals surface area (Å²) in [6.07, 6.45) is -1.99. The molecule has 6 nitrogen and oxygen atoms in total. The van der Waals surface area contributed by atoms with E-state index in [1.165, 1.54) is 25.2 Å². The Kier molecular flexibility index (Phi) is 13.7. The van der Waals surface area contributed by atoms with Crippen LogP contribution in [0.15, 0.2) is 18.2 Å². The molecule has 10 heteroatoms. The van der Waals surface area contributed by atoms with Gasteiger partial charge in [0.25, 0.3) is 0 Å². The van der Waals surface area contributed by atoms with Crippen molar-refractivity contribution in [3.8, 4) is 0 Å². The zero-order chi connectivity index (χ0) is 31.7. The van der Waals surface area contributed by atoms with E-state index in [0.29, 0.717) is 52.0 Å². The van der Waals surface area contributed by atoms with Gasteiger partial charge in [0.05, 0.1) is 25.7 Å². The van der Waals surface area contributed by atoms with Gasteiger partial charge in [0.15, 0.2) is 0 Å². The van der Waals surface area contributed by atoms with Crippen LogP contribution < -0.4 is 0 Å². The molecule has 0 fully saturated rings. The summed E-state index contributed by atoms with van der Waals surface area (Å²) in [4.78, 5) is 16.5. The first-order valence-corrected chi connectivity index (χ1v) is 15.0. The third kappa shape index (κ3) is 10.8. The fraction of sp³-hybridized carbons (Fsp3) is 0.781. The van der Waals surface area contributed by atoms with Crippen molar-refractivity contribution < 1.29 is 36.6 Å². The molecule has 1 aromatic carbocycles. The summed E-state index contributed by atoms with van der Waals surface area (Å²) in [6, 6.07) is 4.88. The Hall–Kier alpha value is -1.75. The van der Waals surface area contributed by atoms with Gasteiger partial charge in [0.2, 0.25) is 0 Å². The second-order valence-electron chi connectivity index (χ2n) is 13.1. The number of rotatable bonds is 17. The number of fused-ring (bicyclic) bond motifs is 1. The van der Waals surface area contributed by atoms with E-state index >= 15 is 0 Å². The first-order valence-electron chi connectivity index (χ1n) is 15.0. The molecule has 0 heterocycles. The number of nitrogens with zero attached hydrogens (tertiary/aromatic N) is 2. The lowest BCUT2D eigenvalue weighted by atomic mass is 9.65. The Labute approximate surface area is 250 Å². The average molecular weight is 605 g/mol. The largest absolute Gasteiger partial charge is 0.458 e. The van der Waals surface area contributed by atoms with Gasteiger partial charge in [-0.05, 0) is 68.6 Å². The summed E-state index contributed by atoms with van der Waals surface area (Å²) >= 11 is 0. The summed E-state index contributed by atoms with van der Waals surface area (Å²) in [5.41, 5.74) is 0.658. The molecule has 2 atom stereocenters. The number of methoxy groups -OCH3 is 2. The number of aryl methyl sites for hydroxylation is 1. The number of hydrogen-bond acceptors (Lipinski definition) is 6. The number of hydrogen-bond donors (Lipinski definition) is 0. The van der Waals surface area contributed by atoms with Gasteiger partial charge in [-0.3, -0.25) is 9.69 Å². The summed E-state index contributed by atoms with van der Waals surface area (Å²) in [6.45, 7) is 10.9. The van der Waals surface area contributed by atoms with Crippen LogP contribution in [0.25, 0.3) is 0 Å². The quantitative estimate of drug-likeness (QED) is 0.153. The lowest BCUT2D eigenvalue weighted by Gasteiger charge is -2.47. The van der Waals surface area contributed by atoms with Crippen molar-refractivity contribution in [2.24, 2.45) is 17.3 Å². The van der Waals surface area contributed by atoms with Crippen molar-refractivity contribution in [2.75, 3.05) is 67.2 Å². The molecule has 0 bridgehead atoms. The van der Waals surface area contributed by atoms with Crippen molar-refractivity contribution in [1.29, 1.82) is 0 Å². The molecule has 42 heavy (non-hydrogen) atoms. The predicted molar refractivity (Wildman–Crippen MR) is 157 cm³/mol. The fourth-order valence-electron chi connectivity index (χ4n) is 6.50. The monoisotopic (exact) mass is 604 g/mol. The van der Waals surface area contributed by atoms with Gasteiger partial charge in [0.1, 0.15) is 11.4 Å². The first-order chi connectivity index (χ1) is 19.5. The molecule has 0 aromatic heterocycles. The Morgan fingerprint density at radius 3 is 2.24 bits per heavy atom. The third-order valence-corrected chi connectivity index (χ3v) is 8.19. The van der Waals surface area contributed by atoms with Crippen molar-refractivity contribution in [3.63, 3.8) is 0 Å². The lowest BCUT2D eigenvalue weighted by molar-refractivity contribution is -0.171. The molecule has 2 rings (SSSR count). The molecule has 1 aliphatic carbocycles. The molecule has 242 valence electrons. The highest BCUT2D eigenvalue weighted by Crippen LogP contribution is 2.48. The predicted octanol–water partition coefficient (Wildman–Crippen LogP) is 6.32. The number of carbonyl (C=O) groups is 1. The van der Waals surface area contributed by atoms with Gasteiger partial charge < -0.3 is 19.1 Å². The van der Waals surface area contributed by atoms with Crippen LogP contribution in [0, 0.1) is 23.1 Å². The van der Waals surface area contributed by atoms with Gasteiger partial charge >= 0.3 is 12.1 Å². The summed E-state index contributed by atoms with van der Waals surface area (Å²) < 4.78 is 71.2. The standard InChI is InChI=1S/C32H52F4N2O4/c1-23(2)28-27-11-10-26(33)18-25(27)12-13-31(28,42-29(39)24(3)4)14-17-37(6)15-9-16-38(20-32(34,35)36)19-30(5,21-40-7)22-41-8/h10-11,18,23-24,28H,9,12-17,19-22H2,1-8H3. The number of carbonyl (C=O) groups excluding carboxylic acids is 1. The molecule has 0 spiro atoms. The van der Waals surface area contributed by atoms with E-state index in [1.807, 2.05) is 33.9 Å². The molecule has 1 aromatic rings. The van der Waals surface area contributed by atoms with Crippen molar-refractivity contribution in [3.05, 3.63) is 35.1 Å². The number of alkyl halides is 3. The molecule has 1 aliphatic rings. The lowest BCUT2D eigenvalue weighted by Crippen LogP contribution is -2.49. The molecule has 0 saturated heterocycles. The SMILES string of the molecule is COCC(C)(COC)CN(CCCN(C)CCC1(OC(=O)C(C)C)CCc2cc(F)ccc2C1C(C)C)CC(F)(F)F. The van der Waals surface area contributed by atoms with E-state index in [-0.39, 0.29) is 42.6 Å². The van der Waals surface area contributed by atoms with Crippen molar-refractivity contribution in [1.82, 2.24) is 9.80 Å². The van der Waals surface area contributed by atoms with E-state index in [9.17, 15) is 22.4 Å². The minimum Gasteiger partial charge on any atom is -0.458 e. The summed E-state index contributed by atoms with van der Waals surface area (Å²) in [7, 11) is 5.02. The normalized spacial score (nSPS) is 19.7. The molecule has 0 N–H and O–H groups in total. The second kappa shape index (κ2) is 15.8. The first kappa shape index (κ1) is 36.4. The van der Waals surface area contributed by atoms with Crippen LogP contribution in [-0.4, -0.2) is 94.8 Å². The van der Waals surface area contributed by atoms with Crippen LogP contribution in [0.1, 0.15) is 70.9 Å². The fourth-order valence-corrected chi connectivity index (χ4v) is 6.50. The molecular formula is C32H52F4N2O4. The van der Waals surface area contributed by atoms with E-state index < -0.39 is 23.7 Å². The summed E-state index contributed by atoms with van der Waals surface area (Å²) in [5.74, 6) is -0.772. The minimum absolute atomic E-state index is 0.0977. The zero-order valence-corrected chi connectivity index (χ0v) is 26.8. The van der Waals surface area contributed by atoms with Gasteiger partial charge in [-0.25, -0.2) is 4.39 Å². The highest BCUT2D eigenvalue weighted by atomic mass is 19.4. The van der Waals surface area contributed by atoms with E-state index in [1.54, 1.807) is 6.07 Å². The number of ether oxygens (including phenoxy) is 3. The Morgan fingerprint density at radius 2 is 1.69 bits per heavy atom. The maximum absolute atomic E-state index is 14.0. The van der Waals surface area contributed by atoms with Crippen LogP contribution in [0.5, 0.6) is 0 Å². The minimum atomic E-state index is -4.31. The Balaban J connectivity index is 2.15. The molecular weight excluding hydrogens is 552 g/mol. The van der Waals surface area contributed by atoms with Crippen LogP contribution >= 0.6 is 0 Å². The maximum atomic E-state index is 14.0. The van der Waals surface area contributed by atoms with Crippen LogP contribution in [0.4, 0.5) is 17.6 Å². The highest BCUT2D eigenvalue weighted by Gasteiger charge is 2.48. The molecule has 2 unspecified atom stereocenters. The van der Waals surface area contributed by atoms with Crippen LogP contribution in [0.3, 0.4) is 0 Å². The van der Waals surface area contributed by atoms with Gasteiger partial charge in [-0.2, -0.15) is 13.2 Å². The number of benzene rings is 1. The van der Waals surface area contributed by atoms with Crippen LogP contribution in [-0.2, 0) is 25.4 Å². The van der Waals surface area contributed by atoms with E-state index in [4.69, 9.17) is 14.2 Å². The van der Waals surface area contributed by atoms with Crippen LogP contribution in [0.2, 0.25) is 0 Å². The van der Waals surface area contributed by atoms with E-state index in [0.717, 1.165) is 11.1 Å². The second-order valence-corrected chi connectivity index (χ2v) is 13.1. The Morgan fingerprint density at radius 1 is 1.05 bits per heavy atom. The smallest absolute Gasteiger partial charge is 0.401 e. The van der Waals surface area contributed by atoms with Crippen molar-refractivity contribution in [2.45, 2.75) is 78.0 Å². The van der Waals surface area contributed by atoms with Gasteiger partial charge in [-0.1, -0.05) is 40.7 Å². The average Bonchev–Trinajstić information content (AvgIpc) is 2.86. The van der Waals surface area contributed by atoms with Crippen molar-refractivity contribution >= 4 is 5.97 Å². The van der Waals surface area contributed by atoms with E-state index in [2.05, 4.69) is 18.7 Å². The van der Waals surface area contributed by atoms with Gasteiger partial charge in [-0.15, -0.1) is 0 Å². The topological polar surface area (TPSA) is 51.2 Å². The maximum Gasteiger partial charge on any atom is 0.401 e. The van der Waals surface area contributed by atoms with Gasteiger partial charge in [0, 0.05) is 45.1 Å².